The molecule has 14 aliphatic rings. The molecule has 65 heavy (non-hydrogen) atoms. The average molecular weight is 863 g/mol. The molecule has 7 heteroatoms. The van der Waals surface area contributed by atoms with Gasteiger partial charge in [0.2, 0.25) is 0 Å². The summed E-state index contributed by atoms with van der Waals surface area (Å²) >= 11 is 0. The maximum absolute atomic E-state index is 6.14. The predicted molar refractivity (Wildman–Crippen MR) is 269 cm³/mol. The Kier molecular flexibility index (Phi) is 11.0. The second-order valence-corrected chi connectivity index (χ2v) is 21.3. The topological polar surface area (TPSA) is 46.2 Å². The standard InChI is InChI=1S/C40H36O.C18H28B2O4/c1-37-21-23-38(2,24-22-37)34-17-19-35(20-18-34)39(3)25-27-40(41-4,28-26-39)36-15-11-32(12-16-36)30-7-5-29(6-8-30)31-9-13-33(37)14-10-31;1-15(2)16(3,4)22-19(21-15)13-9-11-14(12-10-13)20-23-17(5,6)18(7,8)24-20/h5-28H,1-4H3;9-12H,1-8H3. The first-order valence-electron chi connectivity index (χ1n) is 23.2. The van der Waals surface area contributed by atoms with Crippen molar-refractivity contribution < 1.29 is 23.4 Å². The molecule has 12 bridgehead atoms. The van der Waals surface area contributed by atoms with Crippen LogP contribution in [-0.4, -0.2) is 43.8 Å². The van der Waals surface area contributed by atoms with Crippen LogP contribution in [0, 0.1) is 0 Å². The Morgan fingerprint density at radius 3 is 0.815 bits per heavy atom. The Bertz CT molecular complexity index is 2550. The third-order valence-electron chi connectivity index (χ3n) is 15.8. The first kappa shape index (κ1) is 45.2. The molecule has 0 saturated carbocycles. The van der Waals surface area contributed by atoms with Crippen LogP contribution >= 0.6 is 0 Å². The molecule has 0 unspecified atom stereocenters. The molecule has 0 spiro atoms. The van der Waals surface area contributed by atoms with Crippen molar-refractivity contribution in [3.05, 3.63) is 192 Å². The Morgan fingerprint density at radius 2 is 0.538 bits per heavy atom. The lowest BCUT2D eigenvalue weighted by molar-refractivity contribution is 0.00578. The highest BCUT2D eigenvalue weighted by molar-refractivity contribution is 6.64. The lowest BCUT2D eigenvalue weighted by Crippen LogP contribution is -2.41. The Morgan fingerprint density at radius 1 is 0.308 bits per heavy atom. The number of hydrogen-bond donors (Lipinski definition) is 0. The Balaban J connectivity index is 0.000000189. The molecule has 5 aromatic rings. The van der Waals surface area contributed by atoms with Gasteiger partial charge in [0, 0.05) is 23.4 Å². The van der Waals surface area contributed by atoms with Crippen molar-refractivity contribution in [1.82, 2.24) is 0 Å². The minimum atomic E-state index is -0.584. The fourth-order valence-electron chi connectivity index (χ4n) is 9.29. The average Bonchev–Trinajstić information content (AvgIpc) is 3.67. The van der Waals surface area contributed by atoms with Crippen LogP contribution in [0.2, 0.25) is 0 Å². The summed E-state index contributed by atoms with van der Waals surface area (Å²) < 4.78 is 30.5. The highest BCUT2D eigenvalue weighted by Crippen LogP contribution is 2.43. The van der Waals surface area contributed by atoms with Crippen LogP contribution in [0.3, 0.4) is 0 Å². The number of methoxy groups -OCH3 is 1. The predicted octanol–water partition coefficient (Wildman–Crippen LogP) is 11.9. The molecule has 5 aromatic carbocycles. The van der Waals surface area contributed by atoms with Crippen LogP contribution in [0.1, 0.15) is 98.4 Å². The van der Waals surface area contributed by atoms with Gasteiger partial charge in [0.1, 0.15) is 5.60 Å². The zero-order valence-electron chi connectivity index (χ0n) is 40.4. The minimum Gasteiger partial charge on any atom is -0.399 e. The molecule has 2 heterocycles. The van der Waals surface area contributed by atoms with E-state index in [9.17, 15) is 0 Å². The van der Waals surface area contributed by atoms with E-state index in [-0.39, 0.29) is 52.9 Å². The van der Waals surface area contributed by atoms with Gasteiger partial charge < -0.3 is 23.4 Å². The van der Waals surface area contributed by atoms with Gasteiger partial charge in [0.05, 0.1) is 22.4 Å². The van der Waals surface area contributed by atoms with Crippen LogP contribution in [-0.2, 0) is 45.2 Å². The van der Waals surface area contributed by atoms with Crippen molar-refractivity contribution in [2.75, 3.05) is 7.11 Å². The lowest BCUT2D eigenvalue weighted by Gasteiger charge is -2.36. The van der Waals surface area contributed by atoms with Crippen molar-refractivity contribution in [3.63, 3.8) is 0 Å². The van der Waals surface area contributed by atoms with Crippen LogP contribution < -0.4 is 10.9 Å². The van der Waals surface area contributed by atoms with Crippen LogP contribution in [0.15, 0.2) is 170 Å². The summed E-state index contributed by atoms with van der Waals surface area (Å²) in [7, 11) is 1.10. The van der Waals surface area contributed by atoms with Crippen molar-refractivity contribution in [1.29, 1.82) is 0 Å². The van der Waals surface area contributed by atoms with E-state index < -0.39 is 5.60 Å². The van der Waals surface area contributed by atoms with E-state index in [4.69, 9.17) is 23.4 Å². The molecule has 2 aliphatic heterocycles. The van der Waals surface area contributed by atoms with Gasteiger partial charge in [-0.05, 0) is 144 Å². The molecule has 0 radical (unpaired) electrons. The van der Waals surface area contributed by atoms with Gasteiger partial charge in [-0.25, -0.2) is 0 Å². The zero-order valence-corrected chi connectivity index (χ0v) is 40.4. The first-order valence-corrected chi connectivity index (χ1v) is 23.2. The van der Waals surface area contributed by atoms with E-state index in [2.05, 4.69) is 222 Å². The van der Waals surface area contributed by atoms with E-state index in [0.29, 0.717) is 0 Å². The second-order valence-electron chi connectivity index (χ2n) is 21.3. The number of benzene rings is 5. The van der Waals surface area contributed by atoms with E-state index in [1.54, 1.807) is 7.11 Å². The van der Waals surface area contributed by atoms with Crippen LogP contribution in [0.5, 0.6) is 0 Å². The van der Waals surface area contributed by atoms with E-state index in [0.717, 1.165) is 16.5 Å². The smallest absolute Gasteiger partial charge is 0.399 e. The Hall–Kier alpha value is -5.01. The highest BCUT2D eigenvalue weighted by Gasteiger charge is 2.53. The first-order chi connectivity index (χ1) is 30.6. The van der Waals surface area contributed by atoms with Gasteiger partial charge in [0.25, 0.3) is 0 Å². The van der Waals surface area contributed by atoms with Crippen molar-refractivity contribution in [3.8, 4) is 22.3 Å². The molecule has 5 nitrogen and oxygen atoms in total. The SMILES string of the molecule is CC1(C)OB(c2ccc(B3OC(C)(C)C(C)(C)O3)cc2)OC1(C)C.COC12C=CC(C)(C=C1)c1ccc(cc1)C1(C)C=CC(C)(C=C1)c1ccc(cc1)-c1ccc(cc1)-c1ccc2cc1. The van der Waals surface area contributed by atoms with Gasteiger partial charge in [-0.2, -0.15) is 0 Å². The molecule has 2 saturated heterocycles. The maximum Gasteiger partial charge on any atom is 0.494 e. The molecule has 2 fully saturated rings. The van der Waals surface area contributed by atoms with Crippen LogP contribution in [0.25, 0.3) is 22.3 Å². The zero-order chi connectivity index (χ0) is 46.3. The Labute approximate surface area is 388 Å². The molecule has 332 valence electrons. The number of hydrogen-bond acceptors (Lipinski definition) is 5. The highest BCUT2D eigenvalue weighted by atomic mass is 16.7. The summed E-state index contributed by atoms with van der Waals surface area (Å²) in [6.45, 7) is 23.4. The van der Waals surface area contributed by atoms with Crippen LogP contribution in [0.4, 0.5) is 0 Å². The maximum atomic E-state index is 6.14. The quantitative estimate of drug-likeness (QED) is 0.134. The summed E-state index contributed by atoms with van der Waals surface area (Å²) in [6, 6.07) is 43.9. The van der Waals surface area contributed by atoms with E-state index in [1.807, 2.05) is 24.3 Å². The number of ether oxygens (including phenoxy) is 1. The number of rotatable bonds is 3. The molecule has 0 aromatic heterocycles. The normalized spacial score (nSPS) is 28.2. The minimum absolute atomic E-state index is 0.138. The third-order valence-corrected chi connectivity index (χ3v) is 15.8. The fourth-order valence-corrected chi connectivity index (χ4v) is 9.29. The van der Waals surface area contributed by atoms with Gasteiger partial charge in [-0.3, -0.25) is 0 Å². The molecule has 0 N–H and O–H groups in total. The summed E-state index contributed by atoms with van der Waals surface area (Å²) in [5, 5.41) is 0. The molecular weight excluding hydrogens is 798 g/mol. The lowest BCUT2D eigenvalue weighted by atomic mass is 9.70. The fraction of sp³-hybridized carbons (Fsp3) is 0.345. The second kappa shape index (κ2) is 15.8. The van der Waals surface area contributed by atoms with Crippen molar-refractivity contribution in [2.45, 2.75) is 120 Å². The van der Waals surface area contributed by atoms with Gasteiger partial charge >= 0.3 is 14.2 Å². The number of allylic oxidation sites excluding steroid dienone is 6. The largest absolute Gasteiger partial charge is 0.494 e. The third kappa shape index (κ3) is 8.08. The van der Waals surface area contributed by atoms with Gasteiger partial charge in [-0.1, -0.05) is 158 Å². The van der Waals surface area contributed by atoms with Gasteiger partial charge in [-0.15, -0.1) is 0 Å². The van der Waals surface area contributed by atoms with Crippen molar-refractivity contribution in [2.24, 2.45) is 0 Å². The monoisotopic (exact) mass is 862 g/mol. The molecular formula is C58H64B2O5. The summed E-state index contributed by atoms with van der Waals surface area (Å²) in [5.74, 6) is 0. The molecule has 12 aliphatic carbocycles. The van der Waals surface area contributed by atoms with E-state index in [1.165, 1.54) is 38.9 Å². The molecule has 0 amide bonds. The van der Waals surface area contributed by atoms with Crippen molar-refractivity contribution >= 4 is 25.2 Å². The molecule has 19 rings (SSSR count). The summed E-state index contributed by atoms with van der Waals surface area (Å²) in [5.41, 5.74) is 9.45. The molecule has 0 atom stereocenters. The summed E-state index contributed by atoms with van der Waals surface area (Å²) in [4.78, 5) is 0. The van der Waals surface area contributed by atoms with E-state index >= 15 is 0 Å². The van der Waals surface area contributed by atoms with Gasteiger partial charge in [0.15, 0.2) is 0 Å². The summed E-state index contributed by atoms with van der Waals surface area (Å²) in [6.07, 6.45) is 18.5.